The number of fused-ring (bicyclic) bond motifs is 1. The summed E-state index contributed by atoms with van der Waals surface area (Å²) in [6.45, 7) is 13.0. The molecule has 0 radical (unpaired) electrons. The number of hydrogen-bond donors (Lipinski definition) is 1. The molecule has 5 heteroatoms. The molecule has 0 spiro atoms. The monoisotopic (exact) mass is 466 g/mol. The summed E-state index contributed by atoms with van der Waals surface area (Å²) in [6.07, 6.45) is 12.2. The lowest BCUT2D eigenvalue weighted by molar-refractivity contribution is 0.294. The van der Waals surface area contributed by atoms with Crippen LogP contribution in [0.15, 0.2) is 74.0 Å². The van der Waals surface area contributed by atoms with Crippen LogP contribution in [0.2, 0.25) is 0 Å². The normalized spacial score (nSPS) is 11.9. The maximum atomic E-state index is 12.7. The fourth-order valence-electron chi connectivity index (χ4n) is 3.35. The molecule has 0 aliphatic rings. The minimum atomic E-state index is -0.677. The van der Waals surface area contributed by atoms with Crippen molar-refractivity contribution < 1.29 is 19.0 Å². The first kappa shape index (κ1) is 27.0. The van der Waals surface area contributed by atoms with Crippen molar-refractivity contribution in [3.8, 4) is 17.2 Å². The molecule has 0 unspecified atom stereocenters. The number of phenols is 1. The summed E-state index contributed by atoms with van der Waals surface area (Å²) in [5.41, 5.74) is 4.39. The van der Waals surface area contributed by atoms with Crippen molar-refractivity contribution in [1.82, 2.24) is 0 Å². The molecule has 34 heavy (non-hydrogen) atoms. The fourth-order valence-corrected chi connectivity index (χ4v) is 3.35. The molecule has 0 amide bonds. The molecule has 1 aromatic carbocycles. The number of aromatic hydroxyl groups is 1. The van der Waals surface area contributed by atoms with Gasteiger partial charge in [0, 0.05) is 0 Å². The molecule has 0 fully saturated rings. The van der Waals surface area contributed by atoms with Gasteiger partial charge in [0.15, 0.2) is 17.1 Å². The number of phenolic OH excluding ortho intramolecular Hbond substituents is 1. The van der Waals surface area contributed by atoms with Crippen LogP contribution in [0.4, 0.5) is 0 Å². The molecule has 2 rings (SSSR count). The van der Waals surface area contributed by atoms with Crippen LogP contribution in [0.5, 0.6) is 17.2 Å². The topological polar surface area (TPSA) is 68.9 Å². The third-order valence-electron chi connectivity index (χ3n) is 5.33. The van der Waals surface area contributed by atoms with Crippen LogP contribution in [-0.2, 0) is 0 Å². The van der Waals surface area contributed by atoms with Gasteiger partial charge in [0.05, 0.1) is 5.39 Å². The smallest absolute Gasteiger partial charge is 0.383 e. The molecule has 2 aromatic rings. The Hall–Kier alpha value is -3.21. The Kier molecular flexibility index (Phi) is 10.7. The largest absolute Gasteiger partial charge is 0.504 e. The number of para-hydroxylation sites is 1. The van der Waals surface area contributed by atoms with Crippen LogP contribution in [-0.4, -0.2) is 18.3 Å². The molecule has 1 heterocycles. The Morgan fingerprint density at radius 3 is 1.88 bits per heavy atom. The highest BCUT2D eigenvalue weighted by Crippen LogP contribution is 2.36. The van der Waals surface area contributed by atoms with Crippen LogP contribution in [0, 0.1) is 0 Å². The summed E-state index contributed by atoms with van der Waals surface area (Å²) < 4.78 is 17.2. The highest BCUT2D eigenvalue weighted by atomic mass is 16.5. The van der Waals surface area contributed by atoms with Crippen molar-refractivity contribution in [3.05, 3.63) is 75.2 Å². The fraction of sp³-hybridized carbons (Fsp3) is 0.414. The molecule has 0 saturated carbocycles. The van der Waals surface area contributed by atoms with E-state index in [9.17, 15) is 9.90 Å². The van der Waals surface area contributed by atoms with Gasteiger partial charge in [-0.05, 0) is 91.5 Å². The van der Waals surface area contributed by atoms with Crippen LogP contribution < -0.4 is 15.1 Å². The summed E-state index contributed by atoms with van der Waals surface area (Å²) in [7, 11) is 0. The van der Waals surface area contributed by atoms with Crippen LogP contribution in [0.25, 0.3) is 11.0 Å². The van der Waals surface area contributed by atoms with E-state index in [1.54, 1.807) is 12.1 Å². The van der Waals surface area contributed by atoms with Gasteiger partial charge in [0.25, 0.3) is 0 Å². The van der Waals surface area contributed by atoms with Gasteiger partial charge in [-0.15, -0.1) is 0 Å². The minimum Gasteiger partial charge on any atom is -0.504 e. The van der Waals surface area contributed by atoms with Gasteiger partial charge >= 0.3 is 5.63 Å². The zero-order valence-electron chi connectivity index (χ0n) is 21.4. The van der Waals surface area contributed by atoms with E-state index in [0.717, 1.165) is 25.7 Å². The zero-order valence-corrected chi connectivity index (χ0v) is 21.4. The molecule has 184 valence electrons. The first-order valence-electron chi connectivity index (χ1n) is 11.8. The summed E-state index contributed by atoms with van der Waals surface area (Å²) >= 11 is 0. The average Bonchev–Trinajstić information content (AvgIpc) is 2.75. The lowest BCUT2D eigenvalue weighted by Crippen LogP contribution is -2.11. The van der Waals surface area contributed by atoms with Gasteiger partial charge in [-0.25, -0.2) is 4.79 Å². The third-order valence-corrected chi connectivity index (χ3v) is 5.33. The van der Waals surface area contributed by atoms with Crippen LogP contribution in [0.1, 0.15) is 67.2 Å². The molecule has 1 aromatic heterocycles. The Morgan fingerprint density at radius 1 is 0.824 bits per heavy atom. The molecule has 0 atom stereocenters. The molecule has 0 aliphatic carbocycles. The number of allylic oxidation sites excluding steroid dienone is 6. The summed E-state index contributed by atoms with van der Waals surface area (Å²) in [4.78, 5) is 12.7. The molecular formula is C29H38O5. The van der Waals surface area contributed by atoms with E-state index in [-0.39, 0.29) is 36.0 Å². The minimum absolute atomic E-state index is 0.0158. The molecule has 0 saturated heterocycles. The summed E-state index contributed by atoms with van der Waals surface area (Å²) in [6, 6.07) is 4.90. The summed E-state index contributed by atoms with van der Waals surface area (Å²) in [5, 5.41) is 10.7. The van der Waals surface area contributed by atoms with Gasteiger partial charge in [-0.1, -0.05) is 40.5 Å². The van der Waals surface area contributed by atoms with Crippen LogP contribution >= 0.6 is 0 Å². The SMILES string of the molecule is CC(C)=CCC/C(C)=C/COc1c(OC/C=C(\C)CCC=C(C)C)c2cccc(O)c2oc1=O. The number of hydrogen-bond acceptors (Lipinski definition) is 5. The van der Waals surface area contributed by atoms with Crippen molar-refractivity contribution in [2.75, 3.05) is 13.2 Å². The zero-order chi connectivity index (χ0) is 25.1. The van der Waals surface area contributed by atoms with Crippen molar-refractivity contribution >= 4 is 11.0 Å². The van der Waals surface area contributed by atoms with Gasteiger partial charge in [-0.2, -0.15) is 0 Å². The second kappa shape index (κ2) is 13.5. The van der Waals surface area contributed by atoms with Crippen molar-refractivity contribution in [2.24, 2.45) is 0 Å². The molecule has 1 N–H and O–H groups in total. The van der Waals surface area contributed by atoms with Crippen molar-refractivity contribution in [2.45, 2.75) is 67.2 Å². The molecular weight excluding hydrogens is 428 g/mol. The number of ether oxygens (including phenoxy) is 2. The van der Waals surface area contributed by atoms with Crippen LogP contribution in [0.3, 0.4) is 0 Å². The Labute approximate surface area is 203 Å². The van der Waals surface area contributed by atoms with E-state index in [1.165, 1.54) is 28.4 Å². The predicted octanol–water partition coefficient (Wildman–Crippen LogP) is 7.64. The van der Waals surface area contributed by atoms with E-state index < -0.39 is 5.63 Å². The average molecular weight is 467 g/mol. The van der Waals surface area contributed by atoms with E-state index in [0.29, 0.717) is 5.39 Å². The van der Waals surface area contributed by atoms with Gasteiger partial charge in [-0.3, -0.25) is 0 Å². The quantitative estimate of drug-likeness (QED) is 0.257. The highest BCUT2D eigenvalue weighted by molar-refractivity contribution is 5.89. The summed E-state index contributed by atoms with van der Waals surface area (Å²) in [5.74, 6) is 0.183. The van der Waals surface area contributed by atoms with E-state index >= 15 is 0 Å². The Bertz CT molecular complexity index is 1140. The van der Waals surface area contributed by atoms with Gasteiger partial charge in [0.1, 0.15) is 13.2 Å². The first-order valence-corrected chi connectivity index (χ1v) is 11.8. The lowest BCUT2D eigenvalue weighted by atomic mass is 10.1. The Balaban J connectivity index is 2.23. The lowest BCUT2D eigenvalue weighted by Gasteiger charge is -2.13. The maximum absolute atomic E-state index is 12.7. The standard InChI is InChI=1S/C29H38O5/c1-20(2)10-7-12-22(5)16-18-32-27-24-14-9-15-25(30)26(24)34-29(31)28(27)33-19-17-23(6)13-8-11-21(3)4/h9-11,14-17,30H,7-8,12-13,18-19H2,1-6H3/b22-16+,23-17+. The second-order valence-electron chi connectivity index (χ2n) is 9.06. The van der Waals surface area contributed by atoms with E-state index in [1.807, 2.05) is 19.1 Å². The number of benzene rings is 1. The van der Waals surface area contributed by atoms with Crippen molar-refractivity contribution in [3.63, 3.8) is 0 Å². The maximum Gasteiger partial charge on any atom is 0.383 e. The third kappa shape index (κ3) is 8.62. The van der Waals surface area contributed by atoms with Gasteiger partial charge in [0.2, 0.25) is 5.75 Å². The second-order valence-corrected chi connectivity index (χ2v) is 9.06. The van der Waals surface area contributed by atoms with Gasteiger partial charge < -0.3 is 19.0 Å². The molecule has 5 nitrogen and oxygen atoms in total. The highest BCUT2D eigenvalue weighted by Gasteiger charge is 2.19. The first-order chi connectivity index (χ1) is 16.2. The Morgan fingerprint density at radius 2 is 1.35 bits per heavy atom. The predicted molar refractivity (Wildman–Crippen MR) is 140 cm³/mol. The van der Waals surface area contributed by atoms with E-state index in [4.69, 9.17) is 13.9 Å². The van der Waals surface area contributed by atoms with Crippen molar-refractivity contribution in [1.29, 1.82) is 0 Å². The molecule has 0 bridgehead atoms. The van der Waals surface area contributed by atoms with E-state index in [2.05, 4.69) is 46.8 Å². The molecule has 0 aliphatic heterocycles. The number of rotatable bonds is 12.